The zero-order chi connectivity index (χ0) is 13.0. The van der Waals surface area contributed by atoms with Crippen LogP contribution in [0.15, 0.2) is 0 Å². The zero-order valence-electron chi connectivity index (χ0n) is 10.7. The van der Waals surface area contributed by atoms with Gasteiger partial charge in [-0.1, -0.05) is 13.8 Å². The fraction of sp³-hybridized carbons (Fsp3) is 0.750. The lowest BCUT2D eigenvalue weighted by Gasteiger charge is -2.36. The van der Waals surface area contributed by atoms with Crippen molar-refractivity contribution in [3.05, 3.63) is 0 Å². The van der Waals surface area contributed by atoms with Crippen LogP contribution in [-0.4, -0.2) is 53.1 Å². The van der Waals surface area contributed by atoms with E-state index in [4.69, 9.17) is 0 Å². The summed E-state index contributed by atoms with van der Waals surface area (Å²) in [5, 5.41) is 0. The monoisotopic (exact) mass is 240 g/mol. The SMILES string of the molecule is CCCN1CC(=O)N(C(C)C(=O)CC)CC1=O. The van der Waals surface area contributed by atoms with Gasteiger partial charge in [0.15, 0.2) is 5.78 Å². The molecular weight excluding hydrogens is 220 g/mol. The Bertz CT molecular complexity index is 328. The van der Waals surface area contributed by atoms with Gasteiger partial charge in [0.25, 0.3) is 0 Å². The maximum absolute atomic E-state index is 11.9. The van der Waals surface area contributed by atoms with Gasteiger partial charge in [0, 0.05) is 13.0 Å². The highest BCUT2D eigenvalue weighted by Crippen LogP contribution is 2.11. The predicted octanol–water partition coefficient (Wildman–Crippen LogP) is 0.435. The molecule has 96 valence electrons. The maximum atomic E-state index is 11.9. The molecule has 1 heterocycles. The van der Waals surface area contributed by atoms with E-state index in [0.29, 0.717) is 13.0 Å². The molecule has 1 atom stereocenters. The second-order valence-corrected chi connectivity index (χ2v) is 4.33. The summed E-state index contributed by atoms with van der Waals surface area (Å²) in [5.41, 5.74) is 0. The molecular formula is C12H20N2O3. The number of hydrogen-bond donors (Lipinski definition) is 0. The second kappa shape index (κ2) is 5.80. The summed E-state index contributed by atoms with van der Waals surface area (Å²) in [7, 11) is 0. The fourth-order valence-electron chi connectivity index (χ4n) is 1.97. The van der Waals surface area contributed by atoms with Gasteiger partial charge in [-0.2, -0.15) is 0 Å². The second-order valence-electron chi connectivity index (χ2n) is 4.33. The molecule has 0 saturated carbocycles. The smallest absolute Gasteiger partial charge is 0.243 e. The van der Waals surface area contributed by atoms with E-state index in [9.17, 15) is 14.4 Å². The molecule has 0 aromatic carbocycles. The number of nitrogens with zero attached hydrogens (tertiary/aromatic N) is 2. The average Bonchev–Trinajstić information content (AvgIpc) is 2.31. The molecule has 17 heavy (non-hydrogen) atoms. The topological polar surface area (TPSA) is 57.7 Å². The first-order valence-electron chi connectivity index (χ1n) is 6.11. The lowest BCUT2D eigenvalue weighted by Crippen LogP contribution is -2.57. The third-order valence-electron chi connectivity index (χ3n) is 3.08. The molecule has 0 N–H and O–H groups in total. The van der Waals surface area contributed by atoms with Gasteiger partial charge in [-0.05, 0) is 13.3 Å². The molecule has 5 heteroatoms. The van der Waals surface area contributed by atoms with Gasteiger partial charge in [0.2, 0.25) is 11.8 Å². The van der Waals surface area contributed by atoms with Crippen LogP contribution in [0, 0.1) is 0 Å². The Hall–Kier alpha value is -1.39. The van der Waals surface area contributed by atoms with Crippen molar-refractivity contribution in [2.45, 2.75) is 39.7 Å². The Labute approximate surface area is 102 Å². The quantitative estimate of drug-likeness (QED) is 0.700. The normalized spacial score (nSPS) is 18.5. The molecule has 1 aliphatic heterocycles. The Balaban J connectivity index is 2.70. The molecule has 0 aromatic rings. The third kappa shape index (κ3) is 3.05. The molecule has 0 aromatic heterocycles. The highest BCUT2D eigenvalue weighted by molar-refractivity contribution is 5.96. The van der Waals surface area contributed by atoms with E-state index < -0.39 is 6.04 Å². The van der Waals surface area contributed by atoms with Gasteiger partial charge in [-0.25, -0.2) is 0 Å². The molecule has 1 aliphatic rings. The van der Waals surface area contributed by atoms with Crippen LogP contribution in [0.2, 0.25) is 0 Å². The maximum Gasteiger partial charge on any atom is 0.243 e. The number of carbonyl (C=O) groups excluding carboxylic acids is 3. The molecule has 1 fully saturated rings. The summed E-state index contributed by atoms with van der Waals surface area (Å²) in [4.78, 5) is 38.1. The van der Waals surface area contributed by atoms with Crippen LogP contribution in [0.5, 0.6) is 0 Å². The largest absolute Gasteiger partial charge is 0.332 e. The molecule has 0 bridgehead atoms. The Morgan fingerprint density at radius 1 is 1.24 bits per heavy atom. The van der Waals surface area contributed by atoms with Crippen molar-refractivity contribution in [2.24, 2.45) is 0 Å². The number of rotatable bonds is 5. The van der Waals surface area contributed by atoms with Crippen LogP contribution >= 0.6 is 0 Å². The molecule has 1 unspecified atom stereocenters. The van der Waals surface area contributed by atoms with Crippen LogP contribution < -0.4 is 0 Å². The Kier molecular flexibility index (Phi) is 4.66. The van der Waals surface area contributed by atoms with Gasteiger partial charge in [0.1, 0.15) is 6.54 Å². The van der Waals surface area contributed by atoms with Crippen LogP contribution in [0.4, 0.5) is 0 Å². The lowest BCUT2D eigenvalue weighted by molar-refractivity contribution is -0.153. The summed E-state index contributed by atoms with van der Waals surface area (Å²) in [5.74, 6) is -0.204. The van der Waals surface area contributed by atoms with Crippen LogP contribution in [0.25, 0.3) is 0 Å². The first-order valence-corrected chi connectivity index (χ1v) is 6.11. The van der Waals surface area contributed by atoms with E-state index in [0.717, 1.165) is 6.42 Å². The van der Waals surface area contributed by atoms with Crippen LogP contribution in [-0.2, 0) is 14.4 Å². The van der Waals surface area contributed by atoms with E-state index in [-0.39, 0.29) is 30.7 Å². The van der Waals surface area contributed by atoms with E-state index in [2.05, 4.69) is 0 Å². The third-order valence-corrected chi connectivity index (χ3v) is 3.08. The van der Waals surface area contributed by atoms with Crippen molar-refractivity contribution < 1.29 is 14.4 Å². The van der Waals surface area contributed by atoms with Crippen molar-refractivity contribution in [1.82, 2.24) is 9.80 Å². The summed E-state index contributed by atoms with van der Waals surface area (Å²) in [6, 6.07) is -0.486. The standard InChI is InChI=1S/C12H20N2O3/c1-4-6-13-7-12(17)14(8-11(13)16)9(3)10(15)5-2/h9H,4-8H2,1-3H3. The average molecular weight is 240 g/mol. The van der Waals surface area contributed by atoms with Crippen molar-refractivity contribution in [3.8, 4) is 0 Å². The number of amides is 2. The van der Waals surface area contributed by atoms with Crippen molar-refractivity contribution >= 4 is 17.6 Å². The zero-order valence-corrected chi connectivity index (χ0v) is 10.7. The van der Waals surface area contributed by atoms with E-state index in [1.165, 1.54) is 4.90 Å². The van der Waals surface area contributed by atoms with Crippen molar-refractivity contribution in [2.75, 3.05) is 19.6 Å². The predicted molar refractivity (Wildman–Crippen MR) is 63.3 cm³/mol. The summed E-state index contributed by atoms with van der Waals surface area (Å²) >= 11 is 0. The molecule has 0 spiro atoms. The van der Waals surface area contributed by atoms with E-state index in [1.807, 2.05) is 6.92 Å². The van der Waals surface area contributed by atoms with Gasteiger partial charge < -0.3 is 9.80 Å². The van der Waals surface area contributed by atoms with Gasteiger partial charge >= 0.3 is 0 Å². The van der Waals surface area contributed by atoms with Crippen molar-refractivity contribution in [3.63, 3.8) is 0 Å². The number of Topliss-reactive ketones (excluding diaryl/α,β-unsaturated/α-hetero) is 1. The van der Waals surface area contributed by atoms with E-state index in [1.54, 1.807) is 18.7 Å². The number of carbonyl (C=O) groups is 3. The molecule has 0 aliphatic carbocycles. The number of hydrogen-bond acceptors (Lipinski definition) is 3. The fourth-order valence-corrected chi connectivity index (χ4v) is 1.97. The Morgan fingerprint density at radius 2 is 1.88 bits per heavy atom. The first-order chi connectivity index (χ1) is 8.01. The van der Waals surface area contributed by atoms with Gasteiger partial charge in [-0.3, -0.25) is 14.4 Å². The minimum absolute atomic E-state index is 0.00454. The molecule has 1 saturated heterocycles. The molecule has 1 rings (SSSR count). The Morgan fingerprint density at radius 3 is 2.41 bits per heavy atom. The number of ketones is 1. The summed E-state index contributed by atoms with van der Waals surface area (Å²) in [6.45, 7) is 6.16. The van der Waals surface area contributed by atoms with E-state index >= 15 is 0 Å². The minimum atomic E-state index is -0.486. The summed E-state index contributed by atoms with van der Waals surface area (Å²) in [6.07, 6.45) is 1.22. The van der Waals surface area contributed by atoms with Crippen LogP contribution in [0.1, 0.15) is 33.6 Å². The lowest BCUT2D eigenvalue weighted by atomic mass is 10.1. The minimum Gasteiger partial charge on any atom is -0.332 e. The van der Waals surface area contributed by atoms with Gasteiger partial charge in [0.05, 0.1) is 12.6 Å². The van der Waals surface area contributed by atoms with Crippen molar-refractivity contribution in [1.29, 1.82) is 0 Å². The van der Waals surface area contributed by atoms with Crippen LogP contribution in [0.3, 0.4) is 0 Å². The molecule has 2 amide bonds. The van der Waals surface area contributed by atoms with Gasteiger partial charge in [-0.15, -0.1) is 0 Å². The molecule has 5 nitrogen and oxygen atoms in total. The highest BCUT2D eigenvalue weighted by atomic mass is 16.2. The first kappa shape index (κ1) is 13.7. The molecule has 0 radical (unpaired) electrons. The number of piperazine rings is 1. The summed E-state index contributed by atoms with van der Waals surface area (Å²) < 4.78 is 0. The highest BCUT2D eigenvalue weighted by Gasteiger charge is 2.33.